The summed E-state index contributed by atoms with van der Waals surface area (Å²) in [4.78, 5) is 0. The quantitative estimate of drug-likeness (QED) is 0.386. The second kappa shape index (κ2) is 5.91. The first-order valence-corrected chi connectivity index (χ1v) is 6.22. The van der Waals surface area contributed by atoms with E-state index in [0.29, 0.717) is 0 Å². The van der Waals surface area contributed by atoms with Crippen LogP contribution in [0.2, 0.25) is 0 Å². The molecule has 3 heteroatoms. The Morgan fingerprint density at radius 3 is 2.29 bits per heavy atom. The van der Waals surface area contributed by atoms with Gasteiger partial charge in [-0.2, -0.15) is 0 Å². The van der Waals surface area contributed by atoms with Crippen LogP contribution in [0.15, 0.2) is 30.6 Å². The summed E-state index contributed by atoms with van der Waals surface area (Å²) in [6.45, 7) is 0. The van der Waals surface area contributed by atoms with Gasteiger partial charge in [0.2, 0.25) is 0 Å². The minimum atomic E-state index is 0. The van der Waals surface area contributed by atoms with Crippen LogP contribution in [0.4, 0.5) is 0 Å². The molecular weight excluding hydrogens is 308 g/mol. The van der Waals surface area contributed by atoms with E-state index in [1.807, 2.05) is 0 Å². The molecule has 2 atom stereocenters. The summed E-state index contributed by atoms with van der Waals surface area (Å²) in [6.07, 6.45) is 9.93. The monoisotopic (exact) mass is 323 g/mol. The normalized spacial score (nSPS) is 26.6. The van der Waals surface area contributed by atoms with E-state index in [1.165, 1.54) is 25.7 Å². The zero-order valence-electron chi connectivity index (χ0n) is 8.07. The van der Waals surface area contributed by atoms with Gasteiger partial charge in [0.1, 0.15) is 0 Å². The molecule has 0 amide bonds. The van der Waals surface area contributed by atoms with Crippen LogP contribution in [-0.2, 0) is 0 Å². The fourth-order valence-electron chi connectivity index (χ4n) is 2.03. The van der Waals surface area contributed by atoms with Crippen LogP contribution in [0.5, 0.6) is 0 Å². The molecule has 1 aromatic rings. The highest BCUT2D eigenvalue weighted by Crippen LogP contribution is 2.30. The number of hydrogen-bond acceptors (Lipinski definition) is 0. The molecule has 0 aromatic carbocycles. The summed E-state index contributed by atoms with van der Waals surface area (Å²) in [7, 11) is 0. The minimum Gasteiger partial charge on any atom is -1.00 e. The van der Waals surface area contributed by atoms with E-state index in [9.17, 15) is 0 Å². The Labute approximate surface area is 105 Å². The SMILES string of the molecule is IC1CCCCC1[n+]1ccccc1.[Cl-]. The highest BCUT2D eigenvalue weighted by atomic mass is 127. The molecule has 2 rings (SSSR count). The average molecular weight is 324 g/mol. The van der Waals surface area contributed by atoms with Gasteiger partial charge in [-0.1, -0.05) is 35.1 Å². The first kappa shape index (κ1) is 12.2. The van der Waals surface area contributed by atoms with Crippen molar-refractivity contribution < 1.29 is 17.0 Å². The number of pyridine rings is 1. The van der Waals surface area contributed by atoms with Gasteiger partial charge >= 0.3 is 0 Å². The molecule has 0 aliphatic heterocycles. The predicted molar refractivity (Wildman–Crippen MR) is 62.0 cm³/mol. The molecule has 1 heterocycles. The molecule has 0 spiro atoms. The van der Waals surface area contributed by atoms with Gasteiger partial charge in [-0.05, 0) is 12.8 Å². The lowest BCUT2D eigenvalue weighted by atomic mass is 9.95. The number of nitrogens with zero attached hydrogens (tertiary/aromatic N) is 1. The van der Waals surface area contributed by atoms with E-state index in [1.54, 1.807) is 0 Å². The topological polar surface area (TPSA) is 3.88 Å². The lowest BCUT2D eigenvalue weighted by Gasteiger charge is -2.22. The van der Waals surface area contributed by atoms with E-state index in [2.05, 4.69) is 57.8 Å². The van der Waals surface area contributed by atoms with Crippen LogP contribution >= 0.6 is 22.6 Å². The van der Waals surface area contributed by atoms with Crippen molar-refractivity contribution in [2.24, 2.45) is 0 Å². The molecule has 0 saturated heterocycles. The molecule has 0 N–H and O–H groups in total. The van der Waals surface area contributed by atoms with Gasteiger partial charge in [0.25, 0.3) is 0 Å². The van der Waals surface area contributed by atoms with Crippen molar-refractivity contribution >= 4 is 22.6 Å². The summed E-state index contributed by atoms with van der Waals surface area (Å²) in [5.41, 5.74) is 0. The highest BCUT2D eigenvalue weighted by molar-refractivity contribution is 14.1. The maximum absolute atomic E-state index is 2.60. The third kappa shape index (κ3) is 2.83. The fraction of sp³-hybridized carbons (Fsp3) is 0.545. The Bertz CT molecular complexity index is 265. The smallest absolute Gasteiger partial charge is 0.169 e. The lowest BCUT2D eigenvalue weighted by molar-refractivity contribution is -0.723. The van der Waals surface area contributed by atoms with Gasteiger partial charge < -0.3 is 12.4 Å². The number of rotatable bonds is 1. The number of alkyl halides is 1. The number of aromatic nitrogens is 1. The molecule has 1 aliphatic carbocycles. The summed E-state index contributed by atoms with van der Waals surface area (Å²) in [6, 6.07) is 7.06. The zero-order valence-corrected chi connectivity index (χ0v) is 11.0. The Balaban J connectivity index is 0.000000980. The van der Waals surface area contributed by atoms with E-state index in [-0.39, 0.29) is 12.4 Å². The lowest BCUT2D eigenvalue weighted by Crippen LogP contribution is -3.00. The third-order valence-electron chi connectivity index (χ3n) is 2.77. The van der Waals surface area contributed by atoms with E-state index < -0.39 is 0 Å². The number of hydrogen-bond donors (Lipinski definition) is 0. The van der Waals surface area contributed by atoms with E-state index in [0.717, 1.165) is 9.97 Å². The molecule has 2 unspecified atom stereocenters. The Kier molecular flexibility index (Phi) is 5.17. The minimum absolute atomic E-state index is 0. The second-order valence-electron chi connectivity index (χ2n) is 3.69. The molecule has 1 aliphatic rings. The van der Waals surface area contributed by atoms with Gasteiger partial charge in [-0.15, -0.1) is 0 Å². The second-order valence-corrected chi connectivity index (χ2v) is 5.29. The van der Waals surface area contributed by atoms with Crippen molar-refractivity contribution in [2.45, 2.75) is 35.6 Å². The summed E-state index contributed by atoms with van der Waals surface area (Å²) < 4.78 is 3.19. The van der Waals surface area contributed by atoms with Crippen LogP contribution in [-0.4, -0.2) is 3.92 Å². The molecule has 0 bridgehead atoms. The maximum Gasteiger partial charge on any atom is 0.169 e. The standard InChI is InChI=1S/C11H15IN.ClH/c12-10-6-2-3-7-11(10)13-8-4-1-5-9-13;/h1,4-5,8-11H,2-3,6-7H2;1H/q+1;/p-1. The van der Waals surface area contributed by atoms with E-state index in [4.69, 9.17) is 0 Å². The van der Waals surface area contributed by atoms with Gasteiger partial charge in [0.05, 0.1) is 3.92 Å². The first-order valence-electron chi connectivity index (χ1n) is 4.98. The Morgan fingerprint density at radius 2 is 1.64 bits per heavy atom. The third-order valence-corrected chi connectivity index (χ3v) is 4.22. The van der Waals surface area contributed by atoms with Crippen LogP contribution in [0.1, 0.15) is 31.7 Å². The summed E-state index contributed by atoms with van der Waals surface area (Å²) in [5, 5.41) is 0. The maximum atomic E-state index is 2.60. The van der Waals surface area contributed by atoms with Crippen molar-refractivity contribution in [3.63, 3.8) is 0 Å². The molecule has 1 fully saturated rings. The van der Waals surface area contributed by atoms with Crippen molar-refractivity contribution in [3.05, 3.63) is 30.6 Å². The molecule has 1 nitrogen and oxygen atoms in total. The molecular formula is C11H15ClIN. The van der Waals surface area contributed by atoms with Gasteiger partial charge in [-0.25, -0.2) is 4.57 Å². The first-order chi connectivity index (χ1) is 6.38. The molecule has 1 aromatic heterocycles. The van der Waals surface area contributed by atoms with Gasteiger partial charge in [0.15, 0.2) is 18.4 Å². The molecule has 14 heavy (non-hydrogen) atoms. The highest BCUT2D eigenvalue weighted by Gasteiger charge is 2.29. The Hall–Kier alpha value is 0.170. The van der Waals surface area contributed by atoms with E-state index >= 15 is 0 Å². The summed E-state index contributed by atoms with van der Waals surface area (Å²) >= 11 is 2.60. The van der Waals surface area contributed by atoms with Crippen LogP contribution in [0.3, 0.4) is 0 Å². The van der Waals surface area contributed by atoms with Crippen LogP contribution in [0, 0.1) is 0 Å². The van der Waals surface area contributed by atoms with Crippen LogP contribution in [0.25, 0.3) is 0 Å². The molecule has 1 saturated carbocycles. The van der Waals surface area contributed by atoms with Crippen molar-refractivity contribution in [1.29, 1.82) is 0 Å². The van der Waals surface area contributed by atoms with Gasteiger partial charge in [0, 0.05) is 18.6 Å². The number of halogens is 2. The molecule has 0 radical (unpaired) electrons. The van der Waals surface area contributed by atoms with Crippen molar-refractivity contribution in [3.8, 4) is 0 Å². The van der Waals surface area contributed by atoms with Crippen molar-refractivity contribution in [1.82, 2.24) is 0 Å². The predicted octanol–water partition coefficient (Wildman–Crippen LogP) is -0.103. The largest absolute Gasteiger partial charge is 1.00 e. The summed E-state index contributed by atoms with van der Waals surface area (Å²) in [5.74, 6) is 0. The Morgan fingerprint density at radius 1 is 1.00 bits per heavy atom. The zero-order chi connectivity index (χ0) is 9.10. The average Bonchev–Trinajstić information content (AvgIpc) is 2.20. The van der Waals surface area contributed by atoms with Crippen LogP contribution < -0.4 is 17.0 Å². The fourth-order valence-corrected chi connectivity index (χ4v) is 3.21. The van der Waals surface area contributed by atoms with Crippen molar-refractivity contribution in [2.75, 3.05) is 0 Å². The molecule has 78 valence electrons. The van der Waals surface area contributed by atoms with Gasteiger partial charge in [-0.3, -0.25) is 0 Å².